The topological polar surface area (TPSA) is 79.2 Å². The molecular weight excluding hydrogens is 320 g/mol. The van der Waals surface area contributed by atoms with Crippen molar-refractivity contribution in [3.63, 3.8) is 0 Å². The molecule has 0 aliphatic heterocycles. The smallest absolute Gasteiger partial charge is 0.203 e. The van der Waals surface area contributed by atoms with Crippen molar-refractivity contribution >= 4 is 0 Å². The first-order valence-electron chi connectivity index (χ1n) is 7.76. The standard InChI is InChI=1S/C20H18O5/c21-16-8-3-1-6-14(16)12-24-19-11-5-10-18(23)20(19)25-13-15-7-2-4-9-17(15)22/h1-11,21-23H,12-13H2. The summed E-state index contributed by atoms with van der Waals surface area (Å²) in [6.07, 6.45) is 0. The Labute approximate surface area is 145 Å². The van der Waals surface area contributed by atoms with E-state index in [1.807, 2.05) is 0 Å². The van der Waals surface area contributed by atoms with Crippen LogP contribution in [0.4, 0.5) is 0 Å². The molecule has 5 nitrogen and oxygen atoms in total. The molecule has 0 bridgehead atoms. The minimum Gasteiger partial charge on any atom is -0.508 e. The maximum Gasteiger partial charge on any atom is 0.203 e. The fraction of sp³-hybridized carbons (Fsp3) is 0.100. The van der Waals surface area contributed by atoms with Gasteiger partial charge >= 0.3 is 0 Å². The summed E-state index contributed by atoms with van der Waals surface area (Å²) in [5.74, 6) is 0.721. The molecule has 3 N–H and O–H groups in total. The summed E-state index contributed by atoms with van der Waals surface area (Å²) in [5, 5.41) is 29.7. The third-order valence-electron chi connectivity index (χ3n) is 3.70. The Hall–Kier alpha value is -3.34. The molecular formula is C20H18O5. The third kappa shape index (κ3) is 3.95. The van der Waals surface area contributed by atoms with Crippen molar-refractivity contribution in [2.45, 2.75) is 13.2 Å². The van der Waals surface area contributed by atoms with Gasteiger partial charge in [0.2, 0.25) is 5.75 Å². The maximum atomic E-state index is 10.1. The Bertz CT molecular complexity index is 860. The lowest BCUT2D eigenvalue weighted by molar-refractivity contribution is 0.242. The lowest BCUT2D eigenvalue weighted by Crippen LogP contribution is -2.01. The second-order valence-electron chi connectivity index (χ2n) is 5.44. The lowest BCUT2D eigenvalue weighted by Gasteiger charge is -2.15. The highest BCUT2D eigenvalue weighted by atomic mass is 16.5. The van der Waals surface area contributed by atoms with E-state index in [2.05, 4.69) is 0 Å². The molecule has 0 amide bonds. The van der Waals surface area contributed by atoms with Gasteiger partial charge in [0, 0.05) is 11.1 Å². The minimum atomic E-state index is -0.0646. The molecule has 0 aromatic heterocycles. The highest BCUT2D eigenvalue weighted by Gasteiger charge is 2.13. The Balaban J connectivity index is 1.75. The molecule has 0 aliphatic rings. The van der Waals surface area contributed by atoms with Gasteiger partial charge in [0.1, 0.15) is 24.7 Å². The van der Waals surface area contributed by atoms with Crippen LogP contribution < -0.4 is 9.47 Å². The van der Waals surface area contributed by atoms with Gasteiger partial charge in [-0.05, 0) is 24.3 Å². The van der Waals surface area contributed by atoms with Crippen LogP contribution in [0.25, 0.3) is 0 Å². The highest BCUT2D eigenvalue weighted by Crippen LogP contribution is 2.38. The molecule has 0 unspecified atom stereocenters. The lowest BCUT2D eigenvalue weighted by atomic mass is 10.2. The summed E-state index contributed by atoms with van der Waals surface area (Å²) in [4.78, 5) is 0. The van der Waals surface area contributed by atoms with Gasteiger partial charge in [-0.3, -0.25) is 0 Å². The summed E-state index contributed by atoms with van der Waals surface area (Å²) in [7, 11) is 0. The zero-order valence-electron chi connectivity index (χ0n) is 13.4. The third-order valence-corrected chi connectivity index (χ3v) is 3.70. The van der Waals surface area contributed by atoms with E-state index in [9.17, 15) is 15.3 Å². The Morgan fingerprint density at radius 3 is 1.68 bits per heavy atom. The number of aromatic hydroxyl groups is 3. The second-order valence-corrected chi connectivity index (χ2v) is 5.44. The molecule has 3 aromatic rings. The molecule has 0 aliphatic carbocycles. The van der Waals surface area contributed by atoms with Crippen molar-refractivity contribution in [3.05, 3.63) is 77.9 Å². The van der Waals surface area contributed by atoms with Gasteiger partial charge < -0.3 is 24.8 Å². The molecule has 0 fully saturated rings. The first-order valence-corrected chi connectivity index (χ1v) is 7.76. The van der Waals surface area contributed by atoms with Crippen LogP contribution >= 0.6 is 0 Å². The largest absolute Gasteiger partial charge is 0.508 e. The van der Waals surface area contributed by atoms with Crippen LogP contribution in [0.2, 0.25) is 0 Å². The first-order chi connectivity index (χ1) is 12.1. The van der Waals surface area contributed by atoms with Crippen LogP contribution in [-0.2, 0) is 13.2 Å². The molecule has 25 heavy (non-hydrogen) atoms. The molecule has 0 radical (unpaired) electrons. The van der Waals surface area contributed by atoms with Crippen molar-refractivity contribution in [2.24, 2.45) is 0 Å². The fourth-order valence-corrected chi connectivity index (χ4v) is 2.33. The zero-order chi connectivity index (χ0) is 17.6. The first kappa shape index (κ1) is 16.5. The summed E-state index contributed by atoms with van der Waals surface area (Å²) in [6.45, 7) is 0.209. The number of hydrogen-bond acceptors (Lipinski definition) is 5. The van der Waals surface area contributed by atoms with Crippen LogP contribution in [0.3, 0.4) is 0 Å². The van der Waals surface area contributed by atoms with E-state index >= 15 is 0 Å². The van der Waals surface area contributed by atoms with Crippen LogP contribution in [0.15, 0.2) is 66.7 Å². The number of phenols is 3. The van der Waals surface area contributed by atoms with Crippen LogP contribution in [0.5, 0.6) is 28.7 Å². The summed E-state index contributed by atoms with van der Waals surface area (Å²) >= 11 is 0. The summed E-state index contributed by atoms with van der Waals surface area (Å²) in [6, 6.07) is 18.5. The van der Waals surface area contributed by atoms with E-state index in [4.69, 9.17) is 9.47 Å². The van der Waals surface area contributed by atoms with Crippen LogP contribution in [0, 0.1) is 0 Å². The van der Waals surface area contributed by atoms with E-state index < -0.39 is 0 Å². The molecule has 0 heterocycles. The van der Waals surface area contributed by atoms with Gasteiger partial charge in [-0.1, -0.05) is 42.5 Å². The van der Waals surface area contributed by atoms with Gasteiger partial charge in [0.15, 0.2) is 11.5 Å². The molecule has 0 spiro atoms. The van der Waals surface area contributed by atoms with Gasteiger partial charge in [-0.15, -0.1) is 0 Å². The number of para-hydroxylation sites is 3. The van der Waals surface area contributed by atoms with Crippen molar-refractivity contribution in [1.82, 2.24) is 0 Å². The predicted octanol–water partition coefficient (Wildman–Crippen LogP) is 3.96. The van der Waals surface area contributed by atoms with Gasteiger partial charge in [0.05, 0.1) is 0 Å². The van der Waals surface area contributed by atoms with E-state index in [1.165, 1.54) is 6.07 Å². The van der Waals surface area contributed by atoms with Crippen LogP contribution in [-0.4, -0.2) is 15.3 Å². The fourth-order valence-electron chi connectivity index (χ4n) is 2.33. The van der Waals surface area contributed by atoms with Crippen molar-refractivity contribution in [2.75, 3.05) is 0 Å². The van der Waals surface area contributed by atoms with Crippen molar-refractivity contribution in [3.8, 4) is 28.7 Å². The average molecular weight is 338 g/mol. The second kappa shape index (κ2) is 7.49. The normalized spacial score (nSPS) is 10.4. The SMILES string of the molecule is Oc1ccccc1COc1cccc(O)c1OCc1ccccc1O. The molecule has 3 rings (SSSR count). The maximum absolute atomic E-state index is 10.1. The Morgan fingerprint density at radius 1 is 0.560 bits per heavy atom. The molecule has 0 atom stereocenters. The molecule has 0 saturated heterocycles. The number of ether oxygens (including phenoxy) is 2. The number of hydrogen-bond donors (Lipinski definition) is 3. The Kier molecular flexibility index (Phi) is 4.95. The molecule has 5 heteroatoms. The van der Waals surface area contributed by atoms with Gasteiger partial charge in [-0.25, -0.2) is 0 Å². The molecule has 128 valence electrons. The molecule has 3 aromatic carbocycles. The molecule has 0 saturated carbocycles. The number of phenolic OH excluding ortho intramolecular Hbond substituents is 3. The highest BCUT2D eigenvalue weighted by molar-refractivity contribution is 5.50. The van der Waals surface area contributed by atoms with E-state index in [0.717, 1.165) is 0 Å². The van der Waals surface area contributed by atoms with E-state index in [1.54, 1.807) is 60.7 Å². The van der Waals surface area contributed by atoms with Crippen molar-refractivity contribution in [1.29, 1.82) is 0 Å². The summed E-state index contributed by atoms with van der Waals surface area (Å²) in [5.41, 5.74) is 1.22. The van der Waals surface area contributed by atoms with Crippen LogP contribution in [0.1, 0.15) is 11.1 Å². The monoisotopic (exact) mass is 338 g/mol. The van der Waals surface area contributed by atoms with E-state index in [0.29, 0.717) is 16.9 Å². The van der Waals surface area contributed by atoms with Crippen molar-refractivity contribution < 1.29 is 24.8 Å². The van der Waals surface area contributed by atoms with E-state index in [-0.39, 0.29) is 36.2 Å². The number of benzene rings is 3. The Morgan fingerprint density at radius 2 is 1.08 bits per heavy atom. The zero-order valence-corrected chi connectivity index (χ0v) is 13.4. The number of rotatable bonds is 6. The quantitative estimate of drug-likeness (QED) is 0.634. The van der Waals surface area contributed by atoms with Gasteiger partial charge in [-0.2, -0.15) is 0 Å². The average Bonchev–Trinajstić information content (AvgIpc) is 2.61. The predicted molar refractivity (Wildman–Crippen MR) is 93.0 cm³/mol. The summed E-state index contributed by atoms with van der Waals surface area (Å²) < 4.78 is 11.4. The van der Waals surface area contributed by atoms with Gasteiger partial charge in [0.25, 0.3) is 0 Å². The minimum absolute atomic E-state index is 0.0646.